The lowest BCUT2D eigenvalue weighted by Crippen LogP contribution is -2.28. The van der Waals surface area contributed by atoms with Gasteiger partial charge in [-0.3, -0.25) is 4.79 Å². The van der Waals surface area contributed by atoms with E-state index >= 15 is 0 Å². The Morgan fingerprint density at radius 2 is 1.38 bits per heavy atom. The summed E-state index contributed by atoms with van der Waals surface area (Å²) >= 11 is 1.43. The number of amides is 1. The van der Waals surface area contributed by atoms with E-state index < -0.39 is 0 Å². The lowest BCUT2D eigenvalue weighted by Gasteiger charge is -2.19. The molecule has 2 heterocycles. The molecule has 0 spiro atoms. The van der Waals surface area contributed by atoms with Crippen molar-refractivity contribution >= 4 is 38.4 Å². The molecule has 0 bridgehead atoms. The number of carbonyl (C=O) groups excluding carboxylic acids is 1. The average Bonchev–Trinajstić information content (AvgIpc) is 3.20. The van der Waals surface area contributed by atoms with Crippen LogP contribution in [0.1, 0.15) is 26.8 Å². The fourth-order valence-electron chi connectivity index (χ4n) is 3.54. The molecule has 0 aliphatic heterocycles. The number of rotatable bonds is 4. The molecule has 3 nitrogen and oxygen atoms in total. The SMILES string of the molecule is O=C(NC(c1ccccc1)c1ccccc1)c1cc2cc3ccccc3nc2s1. The van der Waals surface area contributed by atoms with E-state index in [0.29, 0.717) is 4.88 Å². The summed E-state index contributed by atoms with van der Waals surface area (Å²) in [5.74, 6) is -0.0882. The van der Waals surface area contributed by atoms with Gasteiger partial charge in [0, 0.05) is 10.8 Å². The molecule has 2 aromatic heterocycles. The number of benzene rings is 3. The molecule has 0 fully saturated rings. The van der Waals surface area contributed by atoms with Crippen molar-refractivity contribution in [3.05, 3.63) is 113 Å². The maximum atomic E-state index is 13.1. The van der Waals surface area contributed by atoms with E-state index in [1.807, 2.05) is 91.0 Å². The van der Waals surface area contributed by atoms with Gasteiger partial charge in [-0.25, -0.2) is 4.98 Å². The number of aromatic nitrogens is 1. The maximum Gasteiger partial charge on any atom is 0.262 e. The molecule has 3 aromatic carbocycles. The van der Waals surface area contributed by atoms with Crippen LogP contribution >= 0.6 is 11.3 Å². The molecule has 0 unspecified atom stereocenters. The van der Waals surface area contributed by atoms with Gasteiger partial charge in [0.2, 0.25) is 0 Å². The fourth-order valence-corrected chi connectivity index (χ4v) is 4.46. The average molecular weight is 394 g/mol. The highest BCUT2D eigenvalue weighted by molar-refractivity contribution is 7.20. The lowest BCUT2D eigenvalue weighted by molar-refractivity contribution is 0.0947. The molecular formula is C25H18N2OS. The molecule has 0 saturated heterocycles. The molecule has 140 valence electrons. The Hall–Kier alpha value is -3.50. The summed E-state index contributed by atoms with van der Waals surface area (Å²) < 4.78 is 0. The number of thiophene rings is 1. The maximum absolute atomic E-state index is 13.1. The normalized spacial score (nSPS) is 11.2. The van der Waals surface area contributed by atoms with Gasteiger partial charge in [0.25, 0.3) is 5.91 Å². The first-order valence-electron chi connectivity index (χ1n) is 9.48. The Balaban J connectivity index is 1.51. The van der Waals surface area contributed by atoms with Crippen molar-refractivity contribution in [3.63, 3.8) is 0 Å². The van der Waals surface area contributed by atoms with Crippen LogP contribution < -0.4 is 5.32 Å². The number of para-hydroxylation sites is 1. The zero-order valence-electron chi connectivity index (χ0n) is 15.6. The Kier molecular flexibility index (Phi) is 4.54. The molecule has 29 heavy (non-hydrogen) atoms. The second-order valence-corrected chi connectivity index (χ2v) is 7.94. The molecule has 5 rings (SSSR count). The summed E-state index contributed by atoms with van der Waals surface area (Å²) in [7, 11) is 0. The zero-order chi connectivity index (χ0) is 19.6. The second-order valence-electron chi connectivity index (χ2n) is 6.91. The fraction of sp³-hybridized carbons (Fsp3) is 0.0400. The van der Waals surface area contributed by atoms with Crippen LogP contribution in [0.2, 0.25) is 0 Å². The van der Waals surface area contributed by atoms with Gasteiger partial charge in [0.1, 0.15) is 4.83 Å². The van der Waals surface area contributed by atoms with Gasteiger partial charge in [-0.1, -0.05) is 78.9 Å². The molecule has 1 N–H and O–H groups in total. The van der Waals surface area contributed by atoms with E-state index in [4.69, 9.17) is 4.98 Å². The van der Waals surface area contributed by atoms with Crippen LogP contribution in [0.25, 0.3) is 21.1 Å². The number of hydrogen-bond acceptors (Lipinski definition) is 3. The second kappa shape index (κ2) is 7.49. The number of pyridine rings is 1. The van der Waals surface area contributed by atoms with Crippen molar-refractivity contribution in [2.75, 3.05) is 0 Å². The molecule has 0 aliphatic carbocycles. The van der Waals surface area contributed by atoms with E-state index in [1.54, 1.807) is 0 Å². The van der Waals surface area contributed by atoms with Crippen molar-refractivity contribution in [1.82, 2.24) is 10.3 Å². The predicted octanol–water partition coefficient (Wildman–Crippen LogP) is 5.97. The monoisotopic (exact) mass is 394 g/mol. The van der Waals surface area contributed by atoms with Crippen molar-refractivity contribution in [2.24, 2.45) is 0 Å². The third-order valence-electron chi connectivity index (χ3n) is 4.97. The Labute approximate surface area is 172 Å². The van der Waals surface area contributed by atoms with Crippen LogP contribution in [0.5, 0.6) is 0 Å². The van der Waals surface area contributed by atoms with Crippen LogP contribution in [-0.2, 0) is 0 Å². The van der Waals surface area contributed by atoms with Crippen molar-refractivity contribution in [1.29, 1.82) is 0 Å². The highest BCUT2D eigenvalue weighted by Gasteiger charge is 2.19. The number of carbonyl (C=O) groups is 1. The van der Waals surface area contributed by atoms with Crippen LogP contribution in [0.4, 0.5) is 0 Å². The Morgan fingerprint density at radius 3 is 2.07 bits per heavy atom. The smallest absolute Gasteiger partial charge is 0.262 e. The first kappa shape index (κ1) is 17.6. The summed E-state index contributed by atoms with van der Waals surface area (Å²) in [5, 5.41) is 5.29. The quantitative estimate of drug-likeness (QED) is 0.408. The lowest BCUT2D eigenvalue weighted by atomic mass is 9.98. The molecule has 0 aliphatic rings. The first-order valence-corrected chi connectivity index (χ1v) is 10.3. The summed E-state index contributed by atoms with van der Waals surface area (Å²) in [6.07, 6.45) is 0. The van der Waals surface area contributed by atoms with Gasteiger partial charge in [0.05, 0.1) is 16.4 Å². The Bertz CT molecular complexity index is 1200. The van der Waals surface area contributed by atoms with Crippen molar-refractivity contribution < 1.29 is 4.79 Å². The summed E-state index contributed by atoms with van der Waals surface area (Å²) in [4.78, 5) is 19.4. The molecule has 0 radical (unpaired) electrons. The molecule has 4 heteroatoms. The molecule has 5 aromatic rings. The highest BCUT2D eigenvalue weighted by atomic mass is 32.1. The minimum atomic E-state index is -0.206. The van der Waals surface area contributed by atoms with E-state index in [2.05, 4.69) is 11.4 Å². The molecule has 0 atom stereocenters. The summed E-state index contributed by atoms with van der Waals surface area (Å²) in [6.45, 7) is 0. The standard InChI is InChI=1S/C25H18N2OS/c28-24(22-16-20-15-19-13-7-8-14-21(19)26-25(20)29-22)27-23(17-9-3-1-4-10-17)18-11-5-2-6-12-18/h1-16,23H,(H,27,28). The molecular weight excluding hydrogens is 376 g/mol. The van der Waals surface area contributed by atoms with Crippen LogP contribution in [0, 0.1) is 0 Å². The summed E-state index contributed by atoms with van der Waals surface area (Å²) in [5.41, 5.74) is 3.05. The number of hydrogen-bond donors (Lipinski definition) is 1. The third-order valence-corrected chi connectivity index (χ3v) is 6.02. The van der Waals surface area contributed by atoms with Crippen molar-refractivity contribution in [3.8, 4) is 0 Å². The van der Waals surface area contributed by atoms with Gasteiger partial charge in [0.15, 0.2) is 0 Å². The van der Waals surface area contributed by atoms with E-state index in [0.717, 1.165) is 32.2 Å². The van der Waals surface area contributed by atoms with Gasteiger partial charge in [-0.05, 0) is 29.3 Å². The van der Waals surface area contributed by atoms with Gasteiger partial charge in [-0.15, -0.1) is 11.3 Å². The van der Waals surface area contributed by atoms with E-state index in [9.17, 15) is 4.79 Å². The third kappa shape index (κ3) is 3.50. The molecule has 0 saturated carbocycles. The summed E-state index contributed by atoms with van der Waals surface area (Å²) in [6, 6.07) is 31.9. The van der Waals surface area contributed by atoms with Gasteiger partial charge in [-0.2, -0.15) is 0 Å². The highest BCUT2D eigenvalue weighted by Crippen LogP contribution is 2.29. The van der Waals surface area contributed by atoms with E-state index in [-0.39, 0.29) is 11.9 Å². The topological polar surface area (TPSA) is 42.0 Å². The van der Waals surface area contributed by atoms with Crippen LogP contribution in [-0.4, -0.2) is 10.9 Å². The first-order chi connectivity index (χ1) is 14.3. The van der Waals surface area contributed by atoms with Gasteiger partial charge < -0.3 is 5.32 Å². The van der Waals surface area contributed by atoms with Crippen molar-refractivity contribution in [2.45, 2.75) is 6.04 Å². The minimum Gasteiger partial charge on any atom is -0.340 e. The van der Waals surface area contributed by atoms with Gasteiger partial charge >= 0.3 is 0 Å². The minimum absolute atomic E-state index is 0.0882. The molecule has 1 amide bonds. The number of nitrogens with zero attached hydrogens (tertiary/aromatic N) is 1. The van der Waals surface area contributed by atoms with Crippen LogP contribution in [0.3, 0.4) is 0 Å². The zero-order valence-corrected chi connectivity index (χ0v) is 16.4. The van der Waals surface area contributed by atoms with Crippen LogP contribution in [0.15, 0.2) is 97.1 Å². The number of fused-ring (bicyclic) bond motifs is 2. The Morgan fingerprint density at radius 1 is 0.759 bits per heavy atom. The predicted molar refractivity (Wildman–Crippen MR) is 119 cm³/mol. The van der Waals surface area contributed by atoms with E-state index in [1.165, 1.54) is 11.3 Å². The largest absolute Gasteiger partial charge is 0.340 e. The number of nitrogens with one attached hydrogen (secondary N) is 1.